The van der Waals surface area contributed by atoms with Crippen LogP contribution < -0.4 is 5.32 Å². The van der Waals surface area contributed by atoms with Crippen LogP contribution in [0.1, 0.15) is 76.0 Å². The maximum Gasteiger partial charge on any atom is 0.0302 e. The van der Waals surface area contributed by atoms with Gasteiger partial charge in [0.1, 0.15) is 0 Å². The zero-order chi connectivity index (χ0) is 14.6. The molecule has 0 unspecified atom stereocenters. The summed E-state index contributed by atoms with van der Waals surface area (Å²) in [7, 11) is 0. The van der Waals surface area contributed by atoms with Crippen LogP contribution >= 0.6 is 11.3 Å². The second-order valence-electron chi connectivity index (χ2n) is 7.44. The van der Waals surface area contributed by atoms with Crippen LogP contribution in [0.25, 0.3) is 0 Å². The minimum absolute atomic E-state index is 0.288. The minimum atomic E-state index is 0.288. The molecule has 0 spiro atoms. The molecular formula is C18H31NS. The van der Waals surface area contributed by atoms with E-state index in [1.165, 1.54) is 48.3 Å². The summed E-state index contributed by atoms with van der Waals surface area (Å²) in [6, 6.07) is 5.27. The lowest BCUT2D eigenvalue weighted by molar-refractivity contribution is 0.337. The lowest BCUT2D eigenvalue weighted by Gasteiger charge is -2.23. The van der Waals surface area contributed by atoms with Gasteiger partial charge in [0, 0.05) is 22.3 Å². The third-order valence-corrected chi connectivity index (χ3v) is 6.12. The normalized spacial score (nSPS) is 19.8. The smallest absolute Gasteiger partial charge is 0.0302 e. The van der Waals surface area contributed by atoms with Crippen LogP contribution in [0.4, 0.5) is 0 Å². The lowest BCUT2D eigenvalue weighted by atomic mass is 9.93. The molecule has 114 valence electrons. The number of nitrogens with one attached hydrogen (secondary N) is 1. The first-order chi connectivity index (χ1) is 9.47. The first-order valence-electron chi connectivity index (χ1n) is 8.29. The van der Waals surface area contributed by atoms with Gasteiger partial charge in [0.25, 0.3) is 0 Å². The summed E-state index contributed by atoms with van der Waals surface area (Å²) in [5.74, 6) is 0.888. The molecule has 1 saturated carbocycles. The molecule has 0 saturated heterocycles. The monoisotopic (exact) mass is 293 g/mol. The summed E-state index contributed by atoms with van der Waals surface area (Å²) >= 11 is 1.97. The second kappa shape index (κ2) is 7.09. The predicted octanol–water partition coefficient (Wildman–Crippen LogP) is 5.49. The molecule has 1 aromatic heterocycles. The van der Waals surface area contributed by atoms with Crippen LogP contribution in [-0.2, 0) is 12.0 Å². The third kappa shape index (κ3) is 4.60. The van der Waals surface area contributed by atoms with E-state index in [0.717, 1.165) is 12.5 Å². The van der Waals surface area contributed by atoms with Crippen molar-refractivity contribution in [1.82, 2.24) is 5.32 Å². The third-order valence-electron chi connectivity index (χ3n) is 4.61. The molecule has 1 fully saturated rings. The zero-order valence-electron chi connectivity index (χ0n) is 13.7. The van der Waals surface area contributed by atoms with Gasteiger partial charge in [0.2, 0.25) is 0 Å². The van der Waals surface area contributed by atoms with Crippen LogP contribution in [0.5, 0.6) is 0 Å². The summed E-state index contributed by atoms with van der Waals surface area (Å²) < 4.78 is 0. The van der Waals surface area contributed by atoms with E-state index in [1.807, 2.05) is 11.3 Å². The first kappa shape index (κ1) is 16.0. The molecule has 1 nitrogen and oxygen atoms in total. The van der Waals surface area contributed by atoms with E-state index in [1.54, 1.807) is 0 Å². The summed E-state index contributed by atoms with van der Waals surface area (Å²) in [5, 5.41) is 3.77. The summed E-state index contributed by atoms with van der Waals surface area (Å²) in [6.45, 7) is 10.3. The average molecular weight is 294 g/mol. The van der Waals surface area contributed by atoms with Crippen LogP contribution in [-0.4, -0.2) is 6.04 Å². The molecule has 0 aromatic carbocycles. The maximum absolute atomic E-state index is 3.77. The highest BCUT2D eigenvalue weighted by Crippen LogP contribution is 2.30. The fourth-order valence-corrected chi connectivity index (χ4v) is 4.13. The van der Waals surface area contributed by atoms with Gasteiger partial charge in [-0.1, -0.05) is 46.5 Å². The van der Waals surface area contributed by atoms with Crippen molar-refractivity contribution < 1.29 is 0 Å². The Morgan fingerprint density at radius 1 is 1.15 bits per heavy atom. The van der Waals surface area contributed by atoms with Gasteiger partial charge in [-0.2, -0.15) is 0 Å². The van der Waals surface area contributed by atoms with Crippen LogP contribution in [0, 0.1) is 5.92 Å². The minimum Gasteiger partial charge on any atom is -0.309 e. The number of thiophene rings is 1. The van der Waals surface area contributed by atoms with E-state index < -0.39 is 0 Å². The fraction of sp³-hybridized carbons (Fsp3) is 0.778. The van der Waals surface area contributed by atoms with Crippen LogP contribution in [0.3, 0.4) is 0 Å². The molecule has 0 aliphatic heterocycles. The molecule has 1 heterocycles. The van der Waals surface area contributed by atoms with Crippen molar-refractivity contribution in [2.45, 2.75) is 84.2 Å². The number of hydrogen-bond donors (Lipinski definition) is 1. The van der Waals surface area contributed by atoms with Crippen molar-refractivity contribution >= 4 is 11.3 Å². The lowest BCUT2D eigenvalue weighted by Crippen LogP contribution is -2.32. The average Bonchev–Trinajstić information content (AvgIpc) is 2.70. The van der Waals surface area contributed by atoms with Crippen molar-refractivity contribution in [3.05, 3.63) is 21.9 Å². The number of hydrogen-bond acceptors (Lipinski definition) is 2. The Balaban J connectivity index is 1.83. The van der Waals surface area contributed by atoms with E-state index in [9.17, 15) is 0 Å². The Kier molecular flexibility index (Phi) is 5.68. The maximum atomic E-state index is 3.77. The molecule has 1 aliphatic rings. The molecule has 1 aliphatic carbocycles. The molecule has 20 heavy (non-hydrogen) atoms. The largest absolute Gasteiger partial charge is 0.309 e. The van der Waals surface area contributed by atoms with Gasteiger partial charge in [-0.25, -0.2) is 0 Å². The Bertz CT molecular complexity index is 394. The molecule has 1 N–H and O–H groups in total. The molecule has 0 amide bonds. The van der Waals surface area contributed by atoms with E-state index >= 15 is 0 Å². The fourth-order valence-electron chi connectivity index (χ4n) is 3.12. The molecule has 1 atom stereocenters. The van der Waals surface area contributed by atoms with E-state index in [2.05, 4.69) is 45.1 Å². The molecule has 2 rings (SSSR count). The molecule has 0 radical (unpaired) electrons. The molecule has 1 aromatic rings. The summed E-state index contributed by atoms with van der Waals surface area (Å²) in [5.41, 5.74) is 0.288. The Hall–Kier alpha value is -0.340. The van der Waals surface area contributed by atoms with Gasteiger partial charge in [0.15, 0.2) is 0 Å². The van der Waals surface area contributed by atoms with Crippen LogP contribution in [0.15, 0.2) is 12.1 Å². The zero-order valence-corrected chi connectivity index (χ0v) is 14.5. The van der Waals surface area contributed by atoms with Crippen molar-refractivity contribution in [3.63, 3.8) is 0 Å². The van der Waals surface area contributed by atoms with Gasteiger partial charge in [-0.15, -0.1) is 11.3 Å². The van der Waals surface area contributed by atoms with Crippen molar-refractivity contribution in [2.24, 2.45) is 5.92 Å². The van der Waals surface area contributed by atoms with Gasteiger partial charge in [-0.05, 0) is 43.2 Å². The van der Waals surface area contributed by atoms with Gasteiger partial charge < -0.3 is 5.32 Å². The predicted molar refractivity (Wildman–Crippen MR) is 90.5 cm³/mol. The van der Waals surface area contributed by atoms with Gasteiger partial charge in [0.05, 0.1) is 0 Å². The molecule has 0 bridgehead atoms. The quantitative estimate of drug-likeness (QED) is 0.723. The number of rotatable bonds is 4. The highest BCUT2D eigenvalue weighted by atomic mass is 32.1. The SMILES string of the molecule is C[C@H](NCc1ccc(C(C)(C)C)s1)C1CCCCCC1. The van der Waals surface area contributed by atoms with Gasteiger partial charge in [-0.3, -0.25) is 0 Å². The van der Waals surface area contributed by atoms with E-state index in [4.69, 9.17) is 0 Å². The topological polar surface area (TPSA) is 12.0 Å². The standard InChI is InChI=1S/C18H31NS/c1-14(15-9-7-5-6-8-10-15)19-13-16-11-12-17(20-16)18(2,3)4/h11-12,14-15,19H,5-10,13H2,1-4H3/t14-/m0/s1. The second-order valence-corrected chi connectivity index (χ2v) is 8.61. The highest BCUT2D eigenvalue weighted by molar-refractivity contribution is 7.12. The van der Waals surface area contributed by atoms with E-state index in [0.29, 0.717) is 6.04 Å². The summed E-state index contributed by atoms with van der Waals surface area (Å²) in [4.78, 5) is 2.98. The van der Waals surface area contributed by atoms with Crippen molar-refractivity contribution in [3.8, 4) is 0 Å². The van der Waals surface area contributed by atoms with Crippen LogP contribution in [0.2, 0.25) is 0 Å². The molecule has 2 heteroatoms. The molecular weight excluding hydrogens is 262 g/mol. The van der Waals surface area contributed by atoms with Crippen molar-refractivity contribution in [1.29, 1.82) is 0 Å². The van der Waals surface area contributed by atoms with E-state index in [-0.39, 0.29) is 5.41 Å². The van der Waals surface area contributed by atoms with Crippen molar-refractivity contribution in [2.75, 3.05) is 0 Å². The highest BCUT2D eigenvalue weighted by Gasteiger charge is 2.19. The van der Waals surface area contributed by atoms with Gasteiger partial charge >= 0.3 is 0 Å². The Morgan fingerprint density at radius 2 is 1.80 bits per heavy atom. The Labute approximate surface area is 129 Å². The Morgan fingerprint density at radius 3 is 2.35 bits per heavy atom. The first-order valence-corrected chi connectivity index (χ1v) is 9.11. The summed E-state index contributed by atoms with van der Waals surface area (Å²) in [6.07, 6.45) is 8.61.